The van der Waals surface area contributed by atoms with Crippen LogP contribution in [-0.2, 0) is 9.53 Å². The lowest BCUT2D eigenvalue weighted by molar-refractivity contribution is -0.137. The quantitative estimate of drug-likeness (QED) is 0.741. The van der Waals surface area contributed by atoms with E-state index in [0.29, 0.717) is 13.1 Å². The van der Waals surface area contributed by atoms with E-state index >= 15 is 0 Å². The Bertz CT molecular complexity index is 368. The molecule has 2 amide bonds. The summed E-state index contributed by atoms with van der Waals surface area (Å²) in [6.07, 6.45) is 4.96. The summed E-state index contributed by atoms with van der Waals surface area (Å²) in [7, 11) is 1.69. The van der Waals surface area contributed by atoms with Crippen LogP contribution in [0.4, 0.5) is 4.79 Å². The molecule has 6 nitrogen and oxygen atoms in total. The predicted octanol–water partition coefficient (Wildman–Crippen LogP) is 1.45. The van der Waals surface area contributed by atoms with E-state index in [1.165, 1.54) is 0 Å². The number of aliphatic carboxylic acids is 1. The summed E-state index contributed by atoms with van der Waals surface area (Å²) in [6, 6.07) is -0.265. The van der Waals surface area contributed by atoms with Gasteiger partial charge in [-0.05, 0) is 37.5 Å². The van der Waals surface area contributed by atoms with Gasteiger partial charge in [-0.15, -0.1) is 0 Å². The summed E-state index contributed by atoms with van der Waals surface area (Å²) < 4.78 is 5.10. The van der Waals surface area contributed by atoms with Gasteiger partial charge >= 0.3 is 12.0 Å². The molecule has 0 aromatic rings. The molecule has 2 aliphatic rings. The maximum absolute atomic E-state index is 12.2. The number of rotatable bonds is 7. The Morgan fingerprint density at radius 2 is 2.20 bits per heavy atom. The molecule has 2 N–H and O–H groups in total. The van der Waals surface area contributed by atoms with Gasteiger partial charge < -0.3 is 20.1 Å². The molecule has 1 aliphatic heterocycles. The molecule has 20 heavy (non-hydrogen) atoms. The van der Waals surface area contributed by atoms with Crippen molar-refractivity contribution in [2.24, 2.45) is 5.41 Å². The molecule has 2 rings (SSSR count). The van der Waals surface area contributed by atoms with Crippen LogP contribution in [0, 0.1) is 5.41 Å². The summed E-state index contributed by atoms with van der Waals surface area (Å²) >= 11 is 0. The Kier molecular flexibility index (Phi) is 4.86. The van der Waals surface area contributed by atoms with Crippen LogP contribution in [0.2, 0.25) is 0 Å². The molecule has 0 bridgehead atoms. The minimum Gasteiger partial charge on any atom is -0.481 e. The van der Waals surface area contributed by atoms with Crippen molar-refractivity contribution in [3.8, 4) is 0 Å². The number of ether oxygens (including phenoxy) is 1. The summed E-state index contributed by atoms with van der Waals surface area (Å²) in [5.41, 5.74) is 0.216. The number of carbonyl (C=O) groups is 2. The molecule has 1 atom stereocenters. The van der Waals surface area contributed by atoms with Gasteiger partial charge in [0.25, 0.3) is 0 Å². The molecule has 0 aromatic carbocycles. The van der Waals surface area contributed by atoms with E-state index in [0.717, 1.165) is 38.7 Å². The molecule has 2 fully saturated rings. The summed E-state index contributed by atoms with van der Waals surface area (Å²) in [5, 5.41) is 11.8. The van der Waals surface area contributed by atoms with Gasteiger partial charge in [0.2, 0.25) is 0 Å². The molecule has 1 saturated heterocycles. The molecule has 1 aliphatic carbocycles. The van der Waals surface area contributed by atoms with Crippen molar-refractivity contribution < 1.29 is 19.4 Å². The number of carboxylic acids is 1. The normalized spacial score (nSPS) is 23.6. The summed E-state index contributed by atoms with van der Waals surface area (Å²) in [5.74, 6) is -0.839. The third kappa shape index (κ3) is 3.85. The van der Waals surface area contributed by atoms with Crippen molar-refractivity contribution in [1.29, 1.82) is 0 Å². The van der Waals surface area contributed by atoms with Crippen LogP contribution in [0.5, 0.6) is 0 Å². The Morgan fingerprint density at radius 1 is 1.45 bits per heavy atom. The van der Waals surface area contributed by atoms with E-state index in [1.54, 1.807) is 12.0 Å². The fourth-order valence-electron chi connectivity index (χ4n) is 2.89. The van der Waals surface area contributed by atoms with Crippen LogP contribution in [-0.4, -0.2) is 54.9 Å². The van der Waals surface area contributed by atoms with Gasteiger partial charge in [0, 0.05) is 32.8 Å². The lowest BCUT2D eigenvalue weighted by Crippen LogP contribution is -2.45. The number of amides is 2. The molecule has 0 spiro atoms. The first-order valence-electron chi connectivity index (χ1n) is 7.31. The zero-order valence-electron chi connectivity index (χ0n) is 12.1. The van der Waals surface area contributed by atoms with E-state index in [9.17, 15) is 9.59 Å². The molecular weight excluding hydrogens is 260 g/mol. The lowest BCUT2D eigenvalue weighted by Gasteiger charge is -2.25. The van der Waals surface area contributed by atoms with E-state index in [4.69, 9.17) is 9.84 Å². The topological polar surface area (TPSA) is 78.9 Å². The van der Waals surface area contributed by atoms with Crippen molar-refractivity contribution in [3.63, 3.8) is 0 Å². The minimum absolute atomic E-state index is 0.0439. The number of nitrogens with one attached hydrogen (secondary N) is 1. The maximum atomic E-state index is 12.2. The van der Waals surface area contributed by atoms with Crippen molar-refractivity contribution in [2.45, 2.75) is 44.6 Å². The van der Waals surface area contributed by atoms with Crippen LogP contribution in [0.25, 0.3) is 0 Å². The average molecular weight is 284 g/mol. The van der Waals surface area contributed by atoms with E-state index < -0.39 is 5.97 Å². The number of hydrogen-bond acceptors (Lipinski definition) is 3. The van der Waals surface area contributed by atoms with E-state index in [2.05, 4.69) is 5.32 Å². The third-order valence-electron chi connectivity index (χ3n) is 4.46. The summed E-state index contributed by atoms with van der Waals surface area (Å²) in [4.78, 5) is 24.7. The number of carboxylic acid groups (broad SMARTS) is 1. The highest BCUT2D eigenvalue weighted by atomic mass is 16.5. The second-order valence-electron chi connectivity index (χ2n) is 5.99. The zero-order chi connectivity index (χ0) is 14.6. The molecule has 114 valence electrons. The highest BCUT2D eigenvalue weighted by Crippen LogP contribution is 2.48. The number of urea groups is 1. The second kappa shape index (κ2) is 6.43. The van der Waals surface area contributed by atoms with Crippen molar-refractivity contribution in [3.05, 3.63) is 0 Å². The zero-order valence-corrected chi connectivity index (χ0v) is 12.1. The Labute approximate surface area is 119 Å². The first-order chi connectivity index (χ1) is 9.56. The standard InChI is InChI=1S/C14H24N2O4/c1-20-8-6-14(4-5-14)10-15-13(19)16-7-2-3-11(16)9-12(17)18/h11H,2-10H2,1H3,(H,15,19)(H,17,18). The SMILES string of the molecule is COCCC1(CNC(=O)N2CCCC2CC(=O)O)CC1. The highest BCUT2D eigenvalue weighted by molar-refractivity contribution is 5.76. The fraction of sp³-hybridized carbons (Fsp3) is 0.857. The molecule has 1 unspecified atom stereocenters. The molecule has 0 aromatic heterocycles. The van der Waals surface area contributed by atoms with Crippen molar-refractivity contribution in [2.75, 3.05) is 26.8 Å². The van der Waals surface area contributed by atoms with Crippen LogP contribution in [0.1, 0.15) is 38.5 Å². The monoisotopic (exact) mass is 284 g/mol. The maximum Gasteiger partial charge on any atom is 0.317 e. The number of likely N-dealkylation sites (tertiary alicyclic amines) is 1. The molecular formula is C14H24N2O4. The van der Waals surface area contributed by atoms with Crippen LogP contribution in [0.15, 0.2) is 0 Å². The van der Waals surface area contributed by atoms with Gasteiger partial charge in [-0.1, -0.05) is 0 Å². The van der Waals surface area contributed by atoms with Crippen LogP contribution in [0.3, 0.4) is 0 Å². The van der Waals surface area contributed by atoms with Gasteiger partial charge in [-0.25, -0.2) is 4.79 Å². The van der Waals surface area contributed by atoms with Gasteiger partial charge in [-0.3, -0.25) is 4.79 Å². The van der Waals surface area contributed by atoms with E-state index in [1.807, 2.05) is 0 Å². The first kappa shape index (κ1) is 15.1. The first-order valence-corrected chi connectivity index (χ1v) is 7.31. The van der Waals surface area contributed by atoms with Gasteiger partial charge in [0.05, 0.1) is 6.42 Å². The lowest BCUT2D eigenvalue weighted by atomic mass is 10.0. The van der Waals surface area contributed by atoms with Crippen molar-refractivity contribution in [1.82, 2.24) is 10.2 Å². The molecule has 0 radical (unpaired) electrons. The molecule has 1 saturated carbocycles. The number of nitrogens with zero attached hydrogens (tertiary/aromatic N) is 1. The van der Waals surface area contributed by atoms with Gasteiger partial charge in [0.1, 0.15) is 0 Å². The smallest absolute Gasteiger partial charge is 0.317 e. The minimum atomic E-state index is -0.839. The Morgan fingerprint density at radius 3 is 2.80 bits per heavy atom. The number of carbonyl (C=O) groups excluding carboxylic acids is 1. The largest absolute Gasteiger partial charge is 0.481 e. The average Bonchev–Trinajstić information content (AvgIpc) is 3.04. The van der Waals surface area contributed by atoms with E-state index in [-0.39, 0.29) is 23.9 Å². The third-order valence-corrected chi connectivity index (χ3v) is 4.46. The number of hydrogen-bond donors (Lipinski definition) is 2. The Balaban J connectivity index is 1.78. The van der Waals surface area contributed by atoms with Gasteiger partial charge in [0.15, 0.2) is 0 Å². The predicted molar refractivity (Wildman–Crippen MR) is 73.5 cm³/mol. The number of methoxy groups -OCH3 is 1. The van der Waals surface area contributed by atoms with Crippen LogP contribution < -0.4 is 5.32 Å². The second-order valence-corrected chi connectivity index (χ2v) is 5.99. The highest BCUT2D eigenvalue weighted by Gasteiger charge is 2.42. The molecule has 1 heterocycles. The Hall–Kier alpha value is -1.30. The fourth-order valence-corrected chi connectivity index (χ4v) is 2.89. The summed E-state index contributed by atoms with van der Waals surface area (Å²) in [6.45, 7) is 2.06. The van der Waals surface area contributed by atoms with Crippen LogP contribution >= 0.6 is 0 Å². The van der Waals surface area contributed by atoms with Crippen molar-refractivity contribution >= 4 is 12.0 Å². The van der Waals surface area contributed by atoms with Gasteiger partial charge in [-0.2, -0.15) is 0 Å². The molecule has 6 heteroatoms.